The van der Waals surface area contributed by atoms with E-state index in [1.165, 1.54) is 6.08 Å². The predicted octanol–water partition coefficient (Wildman–Crippen LogP) is 2.54. The second-order valence-corrected chi connectivity index (χ2v) is 4.18. The van der Waals surface area contributed by atoms with Crippen molar-refractivity contribution in [2.24, 2.45) is 0 Å². The Morgan fingerprint density at radius 1 is 1.14 bits per heavy atom. The highest BCUT2D eigenvalue weighted by molar-refractivity contribution is 5.94. The quantitative estimate of drug-likeness (QED) is 0.590. The highest BCUT2D eigenvalue weighted by Crippen LogP contribution is 2.30. The standard InChI is InChI=1S/C16H21NO5/c1-4-7-16(19)22-11-15(18)17-12-8-9-13(20-5-2)14(10-12)21-6-3/h4,7-10H,5-6,11H2,1-3H3,(H,17,18)/b7-4+. The van der Waals surface area contributed by atoms with E-state index in [-0.39, 0.29) is 6.61 Å². The lowest BCUT2D eigenvalue weighted by Crippen LogP contribution is -2.20. The number of carbonyl (C=O) groups is 2. The van der Waals surface area contributed by atoms with E-state index in [2.05, 4.69) is 5.32 Å². The number of hydrogen-bond acceptors (Lipinski definition) is 5. The van der Waals surface area contributed by atoms with Crippen molar-refractivity contribution in [1.82, 2.24) is 0 Å². The number of allylic oxidation sites excluding steroid dienone is 1. The summed E-state index contributed by atoms with van der Waals surface area (Å²) >= 11 is 0. The van der Waals surface area contributed by atoms with Gasteiger partial charge in [0, 0.05) is 17.8 Å². The van der Waals surface area contributed by atoms with Crippen LogP contribution in [0, 0.1) is 0 Å². The molecular formula is C16H21NO5. The van der Waals surface area contributed by atoms with Gasteiger partial charge >= 0.3 is 5.97 Å². The molecule has 0 fully saturated rings. The maximum Gasteiger partial charge on any atom is 0.330 e. The summed E-state index contributed by atoms with van der Waals surface area (Å²) in [6, 6.07) is 5.08. The van der Waals surface area contributed by atoms with E-state index in [4.69, 9.17) is 14.2 Å². The van der Waals surface area contributed by atoms with Gasteiger partial charge in [-0.2, -0.15) is 0 Å². The third-order valence-corrected chi connectivity index (χ3v) is 2.48. The summed E-state index contributed by atoms with van der Waals surface area (Å²) in [5, 5.41) is 2.63. The van der Waals surface area contributed by atoms with Gasteiger partial charge in [0.05, 0.1) is 13.2 Å². The van der Waals surface area contributed by atoms with E-state index < -0.39 is 11.9 Å². The molecule has 0 spiro atoms. The number of ether oxygens (including phenoxy) is 3. The van der Waals surface area contributed by atoms with Crippen molar-refractivity contribution in [2.75, 3.05) is 25.1 Å². The number of carbonyl (C=O) groups excluding carboxylic acids is 2. The smallest absolute Gasteiger partial charge is 0.330 e. The molecule has 6 heteroatoms. The molecule has 0 aromatic heterocycles. The highest BCUT2D eigenvalue weighted by Gasteiger charge is 2.09. The summed E-state index contributed by atoms with van der Waals surface area (Å²) < 4.78 is 15.7. The molecule has 1 rings (SSSR count). The molecule has 1 amide bonds. The number of benzene rings is 1. The topological polar surface area (TPSA) is 73.9 Å². The number of nitrogens with one attached hydrogen (secondary N) is 1. The Hall–Kier alpha value is -2.50. The Labute approximate surface area is 130 Å². The van der Waals surface area contributed by atoms with Crippen molar-refractivity contribution in [3.05, 3.63) is 30.4 Å². The molecule has 0 saturated heterocycles. The lowest BCUT2D eigenvalue weighted by atomic mass is 10.2. The monoisotopic (exact) mass is 307 g/mol. The molecule has 120 valence electrons. The minimum Gasteiger partial charge on any atom is -0.490 e. The summed E-state index contributed by atoms with van der Waals surface area (Å²) in [4.78, 5) is 22.8. The van der Waals surface area contributed by atoms with Crippen LogP contribution in [0.2, 0.25) is 0 Å². The third-order valence-electron chi connectivity index (χ3n) is 2.48. The molecule has 0 atom stereocenters. The van der Waals surface area contributed by atoms with E-state index in [1.54, 1.807) is 31.2 Å². The van der Waals surface area contributed by atoms with Gasteiger partial charge in [0.15, 0.2) is 18.1 Å². The molecule has 0 unspecified atom stereocenters. The maximum atomic E-state index is 11.7. The lowest BCUT2D eigenvalue weighted by molar-refractivity contribution is -0.142. The minimum absolute atomic E-state index is 0.347. The fourth-order valence-electron chi connectivity index (χ4n) is 1.65. The third kappa shape index (κ3) is 5.87. The number of esters is 1. The average molecular weight is 307 g/mol. The highest BCUT2D eigenvalue weighted by atomic mass is 16.5. The average Bonchev–Trinajstić information content (AvgIpc) is 2.49. The first-order valence-corrected chi connectivity index (χ1v) is 7.09. The first-order valence-electron chi connectivity index (χ1n) is 7.09. The zero-order valence-corrected chi connectivity index (χ0v) is 13.0. The van der Waals surface area contributed by atoms with Gasteiger partial charge in [0.25, 0.3) is 5.91 Å². The molecule has 0 aliphatic rings. The van der Waals surface area contributed by atoms with Gasteiger partial charge in [-0.15, -0.1) is 0 Å². The number of rotatable bonds is 8. The van der Waals surface area contributed by atoms with Crippen molar-refractivity contribution >= 4 is 17.6 Å². The van der Waals surface area contributed by atoms with Crippen molar-refractivity contribution in [2.45, 2.75) is 20.8 Å². The first kappa shape index (κ1) is 17.6. The Bertz CT molecular complexity index is 539. The largest absolute Gasteiger partial charge is 0.490 e. The van der Waals surface area contributed by atoms with Crippen LogP contribution in [-0.2, 0) is 14.3 Å². The zero-order chi connectivity index (χ0) is 16.4. The van der Waals surface area contributed by atoms with E-state index >= 15 is 0 Å². The number of amides is 1. The Morgan fingerprint density at radius 3 is 2.45 bits per heavy atom. The Balaban J connectivity index is 2.66. The normalized spacial score (nSPS) is 10.3. The first-order chi connectivity index (χ1) is 10.6. The molecule has 0 radical (unpaired) electrons. The van der Waals surface area contributed by atoms with E-state index in [0.717, 1.165) is 0 Å². The molecule has 0 aliphatic heterocycles. The summed E-state index contributed by atoms with van der Waals surface area (Å²) in [5.74, 6) is 0.179. The van der Waals surface area contributed by atoms with Gasteiger partial charge in [-0.25, -0.2) is 4.79 Å². The molecule has 6 nitrogen and oxygen atoms in total. The van der Waals surface area contributed by atoms with E-state index in [9.17, 15) is 9.59 Å². The predicted molar refractivity (Wildman–Crippen MR) is 83.2 cm³/mol. The molecule has 1 aromatic rings. The number of hydrogen-bond donors (Lipinski definition) is 1. The minimum atomic E-state index is -0.556. The molecule has 1 aromatic carbocycles. The van der Waals surface area contributed by atoms with Crippen molar-refractivity contribution in [3.8, 4) is 11.5 Å². The second-order valence-electron chi connectivity index (χ2n) is 4.18. The maximum absolute atomic E-state index is 11.7. The number of anilines is 1. The van der Waals surface area contributed by atoms with Gasteiger partial charge in [-0.3, -0.25) is 4.79 Å². The van der Waals surface area contributed by atoms with Gasteiger partial charge in [0.2, 0.25) is 0 Å². The fourth-order valence-corrected chi connectivity index (χ4v) is 1.65. The van der Waals surface area contributed by atoms with Gasteiger partial charge < -0.3 is 19.5 Å². The van der Waals surface area contributed by atoms with Crippen LogP contribution in [0.25, 0.3) is 0 Å². The van der Waals surface area contributed by atoms with Crippen LogP contribution >= 0.6 is 0 Å². The molecule has 0 heterocycles. The molecular weight excluding hydrogens is 286 g/mol. The summed E-state index contributed by atoms with van der Waals surface area (Å²) in [7, 11) is 0. The molecule has 1 N–H and O–H groups in total. The molecule has 22 heavy (non-hydrogen) atoms. The Kier molecular flexibility index (Phi) is 7.53. The van der Waals surface area contributed by atoms with Crippen LogP contribution in [0.4, 0.5) is 5.69 Å². The van der Waals surface area contributed by atoms with Crippen LogP contribution in [0.5, 0.6) is 11.5 Å². The molecule has 0 aliphatic carbocycles. The van der Waals surface area contributed by atoms with Crippen LogP contribution in [0.3, 0.4) is 0 Å². The van der Waals surface area contributed by atoms with Crippen molar-refractivity contribution in [1.29, 1.82) is 0 Å². The van der Waals surface area contributed by atoms with Gasteiger partial charge in [-0.1, -0.05) is 6.08 Å². The van der Waals surface area contributed by atoms with Crippen LogP contribution in [-0.4, -0.2) is 31.7 Å². The van der Waals surface area contributed by atoms with Gasteiger partial charge in [-0.05, 0) is 32.9 Å². The lowest BCUT2D eigenvalue weighted by Gasteiger charge is -2.13. The zero-order valence-electron chi connectivity index (χ0n) is 13.0. The SMILES string of the molecule is C/C=C/C(=O)OCC(=O)Nc1ccc(OCC)c(OCC)c1. The summed E-state index contributed by atoms with van der Waals surface area (Å²) in [6.07, 6.45) is 2.79. The molecule has 0 bridgehead atoms. The van der Waals surface area contributed by atoms with Gasteiger partial charge in [0.1, 0.15) is 0 Å². The van der Waals surface area contributed by atoms with Crippen molar-refractivity contribution in [3.63, 3.8) is 0 Å². The van der Waals surface area contributed by atoms with Crippen LogP contribution < -0.4 is 14.8 Å². The van der Waals surface area contributed by atoms with Crippen LogP contribution in [0.15, 0.2) is 30.4 Å². The van der Waals surface area contributed by atoms with E-state index in [0.29, 0.717) is 30.4 Å². The summed E-state index contributed by atoms with van der Waals surface area (Å²) in [6.45, 7) is 6.09. The van der Waals surface area contributed by atoms with Crippen LogP contribution in [0.1, 0.15) is 20.8 Å². The van der Waals surface area contributed by atoms with E-state index in [1.807, 2.05) is 13.8 Å². The molecule has 0 saturated carbocycles. The fraction of sp³-hybridized carbons (Fsp3) is 0.375. The van der Waals surface area contributed by atoms with Crippen molar-refractivity contribution < 1.29 is 23.8 Å². The summed E-state index contributed by atoms with van der Waals surface area (Å²) in [5.41, 5.74) is 0.541. The second kappa shape index (κ2) is 9.44. The Morgan fingerprint density at radius 2 is 1.82 bits per heavy atom.